The Balaban J connectivity index is 1.46. The van der Waals surface area contributed by atoms with Crippen molar-refractivity contribution < 1.29 is 9.59 Å². The van der Waals surface area contributed by atoms with E-state index >= 15 is 0 Å². The third-order valence-corrected chi connectivity index (χ3v) is 5.76. The smallest absolute Gasteiger partial charge is 0.245 e. The van der Waals surface area contributed by atoms with Crippen LogP contribution in [0.1, 0.15) is 70.3 Å². The maximum absolute atomic E-state index is 12.7. The van der Waals surface area contributed by atoms with E-state index in [1.807, 2.05) is 21.5 Å². The molecule has 2 aliphatic rings. The van der Waals surface area contributed by atoms with Crippen molar-refractivity contribution in [1.82, 2.24) is 30.0 Å². The van der Waals surface area contributed by atoms with E-state index < -0.39 is 0 Å². The first-order valence-electron chi connectivity index (χ1n) is 10.1. The number of nitrogens with one attached hydrogen (secondary N) is 1. The van der Waals surface area contributed by atoms with Crippen LogP contribution in [0.2, 0.25) is 0 Å². The first-order valence-corrected chi connectivity index (χ1v) is 10.1. The summed E-state index contributed by atoms with van der Waals surface area (Å²) in [5, 5.41) is 16.3. The zero-order valence-electron chi connectivity index (χ0n) is 16.8. The number of hydrogen-bond donors (Lipinski definition) is 1. The van der Waals surface area contributed by atoms with Gasteiger partial charge in [-0.1, -0.05) is 20.8 Å². The predicted octanol–water partition coefficient (Wildman–Crippen LogP) is 1.80. The van der Waals surface area contributed by atoms with Gasteiger partial charge in [0.2, 0.25) is 11.8 Å². The number of aromatic nitrogens is 4. The molecule has 2 aliphatic heterocycles. The second kappa shape index (κ2) is 7.14. The second-order valence-electron chi connectivity index (χ2n) is 8.91. The van der Waals surface area contributed by atoms with Crippen LogP contribution in [0, 0.1) is 0 Å². The highest BCUT2D eigenvalue weighted by Crippen LogP contribution is 2.28. The van der Waals surface area contributed by atoms with Crippen LogP contribution in [-0.4, -0.2) is 55.7 Å². The normalized spacial score (nSPS) is 21.8. The Bertz CT molecular complexity index is 892. The van der Waals surface area contributed by atoms with Gasteiger partial charge in [0.05, 0.1) is 5.69 Å². The van der Waals surface area contributed by atoms with Crippen LogP contribution in [0.4, 0.5) is 0 Å². The summed E-state index contributed by atoms with van der Waals surface area (Å²) < 4.78 is 1.87. The van der Waals surface area contributed by atoms with E-state index in [0.717, 1.165) is 42.8 Å². The summed E-state index contributed by atoms with van der Waals surface area (Å²) in [5.74, 6) is 1.13. The summed E-state index contributed by atoms with van der Waals surface area (Å²) >= 11 is 0. The van der Waals surface area contributed by atoms with E-state index in [-0.39, 0.29) is 29.2 Å². The largest absolute Gasteiger partial charge is 0.344 e. The molecule has 2 aromatic rings. The lowest BCUT2D eigenvalue weighted by atomic mass is 9.92. The third kappa shape index (κ3) is 3.59. The van der Waals surface area contributed by atoms with Crippen LogP contribution in [-0.2, 0) is 15.0 Å². The molecule has 2 amide bonds. The molecule has 0 saturated carbocycles. The molecule has 8 heteroatoms. The van der Waals surface area contributed by atoms with Crippen molar-refractivity contribution in [2.24, 2.45) is 0 Å². The van der Waals surface area contributed by atoms with Gasteiger partial charge >= 0.3 is 0 Å². The van der Waals surface area contributed by atoms with Gasteiger partial charge in [-0.25, -0.2) is 0 Å². The van der Waals surface area contributed by atoms with Crippen molar-refractivity contribution in [3.63, 3.8) is 0 Å². The number of nitrogens with zero attached hydrogens (tertiary/aromatic N) is 5. The molecule has 2 saturated heterocycles. The fraction of sp³-hybridized carbons (Fsp3) is 0.650. The summed E-state index contributed by atoms with van der Waals surface area (Å²) in [6.45, 7) is 7.76. The summed E-state index contributed by atoms with van der Waals surface area (Å²) in [6.07, 6.45) is 3.70. The van der Waals surface area contributed by atoms with Gasteiger partial charge < -0.3 is 10.2 Å². The average molecular weight is 384 g/mol. The molecule has 0 spiro atoms. The van der Waals surface area contributed by atoms with Crippen LogP contribution in [0.3, 0.4) is 0 Å². The molecule has 28 heavy (non-hydrogen) atoms. The second-order valence-corrected chi connectivity index (χ2v) is 8.91. The molecule has 0 aromatic carbocycles. The van der Waals surface area contributed by atoms with Gasteiger partial charge in [0.25, 0.3) is 0 Å². The van der Waals surface area contributed by atoms with Gasteiger partial charge in [0, 0.05) is 30.8 Å². The monoisotopic (exact) mass is 384 g/mol. The van der Waals surface area contributed by atoms with E-state index in [9.17, 15) is 9.59 Å². The number of rotatable bonds is 2. The van der Waals surface area contributed by atoms with Gasteiger partial charge in [-0.2, -0.15) is 9.61 Å². The standard InChI is InChI=1S/C20H28N6O2/c1-20(2,3)15-7-8-16-22-23-18(26(16)24-15)13-9-11-25(12-10-13)19(28)14-5-4-6-17(27)21-14/h7-8,13-14H,4-6,9-12H2,1-3H3,(H,21,27). The Morgan fingerprint density at radius 3 is 2.57 bits per heavy atom. The van der Waals surface area contributed by atoms with Crippen molar-refractivity contribution in [3.8, 4) is 0 Å². The van der Waals surface area contributed by atoms with Crippen molar-refractivity contribution in [1.29, 1.82) is 0 Å². The fourth-order valence-corrected chi connectivity index (χ4v) is 4.03. The lowest BCUT2D eigenvalue weighted by molar-refractivity contribution is -0.138. The zero-order valence-corrected chi connectivity index (χ0v) is 16.8. The molecule has 150 valence electrons. The molecule has 1 atom stereocenters. The topological polar surface area (TPSA) is 92.5 Å². The van der Waals surface area contributed by atoms with Gasteiger partial charge in [0.15, 0.2) is 11.5 Å². The molecule has 8 nitrogen and oxygen atoms in total. The molecular formula is C20H28N6O2. The molecule has 0 aliphatic carbocycles. The van der Waals surface area contributed by atoms with E-state index in [2.05, 4.69) is 36.3 Å². The third-order valence-electron chi connectivity index (χ3n) is 5.76. The average Bonchev–Trinajstić information content (AvgIpc) is 3.10. The summed E-state index contributed by atoms with van der Waals surface area (Å²) in [7, 11) is 0. The molecule has 0 radical (unpaired) electrons. The van der Waals surface area contributed by atoms with E-state index in [1.54, 1.807) is 0 Å². The number of fused-ring (bicyclic) bond motifs is 1. The molecule has 2 fully saturated rings. The maximum atomic E-state index is 12.7. The molecule has 2 aromatic heterocycles. The molecule has 4 rings (SSSR count). The Hall–Kier alpha value is -2.51. The van der Waals surface area contributed by atoms with Crippen LogP contribution in [0.15, 0.2) is 12.1 Å². The van der Waals surface area contributed by atoms with E-state index in [1.165, 1.54) is 0 Å². The number of carbonyl (C=O) groups excluding carboxylic acids is 2. The first-order chi connectivity index (χ1) is 13.3. The summed E-state index contributed by atoms with van der Waals surface area (Å²) in [5.41, 5.74) is 1.71. The maximum Gasteiger partial charge on any atom is 0.245 e. The van der Waals surface area contributed by atoms with Crippen LogP contribution in [0.5, 0.6) is 0 Å². The Morgan fingerprint density at radius 1 is 1.14 bits per heavy atom. The quantitative estimate of drug-likeness (QED) is 0.852. The van der Waals surface area contributed by atoms with Crippen LogP contribution < -0.4 is 5.32 Å². The van der Waals surface area contributed by atoms with Crippen LogP contribution >= 0.6 is 0 Å². The van der Waals surface area contributed by atoms with Crippen molar-refractivity contribution >= 4 is 17.5 Å². The minimum absolute atomic E-state index is 0.0184. The Labute approximate surface area is 164 Å². The number of likely N-dealkylation sites (tertiary alicyclic amines) is 1. The highest BCUT2D eigenvalue weighted by Gasteiger charge is 2.32. The summed E-state index contributed by atoms with van der Waals surface area (Å²) in [6, 6.07) is 3.62. The van der Waals surface area contributed by atoms with Gasteiger partial charge in [-0.3, -0.25) is 9.59 Å². The predicted molar refractivity (Wildman–Crippen MR) is 104 cm³/mol. The highest BCUT2D eigenvalue weighted by molar-refractivity contribution is 5.88. The Kier molecular flexibility index (Phi) is 4.81. The minimum atomic E-state index is -0.359. The van der Waals surface area contributed by atoms with E-state index in [0.29, 0.717) is 19.5 Å². The minimum Gasteiger partial charge on any atom is -0.344 e. The first kappa shape index (κ1) is 18.8. The van der Waals surface area contributed by atoms with Gasteiger partial charge in [0.1, 0.15) is 6.04 Å². The van der Waals surface area contributed by atoms with Crippen molar-refractivity contribution in [2.75, 3.05) is 13.1 Å². The SMILES string of the molecule is CC(C)(C)c1ccc2nnc(C3CCN(C(=O)C4CCCC(=O)N4)CC3)n2n1. The molecule has 1 N–H and O–H groups in total. The van der Waals surface area contributed by atoms with Crippen molar-refractivity contribution in [3.05, 3.63) is 23.7 Å². The molecular weight excluding hydrogens is 356 g/mol. The van der Waals surface area contributed by atoms with Gasteiger partial charge in [-0.05, 0) is 37.8 Å². The number of carbonyl (C=O) groups is 2. The van der Waals surface area contributed by atoms with Gasteiger partial charge in [-0.15, -0.1) is 10.2 Å². The number of amides is 2. The zero-order chi connectivity index (χ0) is 19.9. The molecule has 0 bridgehead atoms. The highest BCUT2D eigenvalue weighted by atomic mass is 16.2. The van der Waals surface area contributed by atoms with Crippen LogP contribution in [0.25, 0.3) is 5.65 Å². The molecule has 4 heterocycles. The fourth-order valence-electron chi connectivity index (χ4n) is 4.03. The molecule has 1 unspecified atom stereocenters. The van der Waals surface area contributed by atoms with Crippen molar-refractivity contribution in [2.45, 2.75) is 70.3 Å². The number of hydrogen-bond acceptors (Lipinski definition) is 5. The lowest BCUT2D eigenvalue weighted by Gasteiger charge is -2.34. The summed E-state index contributed by atoms with van der Waals surface area (Å²) in [4.78, 5) is 26.2. The lowest BCUT2D eigenvalue weighted by Crippen LogP contribution is -2.52. The van der Waals surface area contributed by atoms with E-state index in [4.69, 9.17) is 5.10 Å². The Morgan fingerprint density at radius 2 is 1.89 bits per heavy atom. The number of piperidine rings is 2.